The number of nitrogens with two attached hydrogens (primary N) is 1. The molecule has 1 fully saturated rings. The highest BCUT2D eigenvalue weighted by molar-refractivity contribution is 5.95. The van der Waals surface area contributed by atoms with Gasteiger partial charge in [-0.05, 0) is 24.6 Å². The lowest BCUT2D eigenvalue weighted by molar-refractivity contribution is 0.243. The highest BCUT2D eigenvalue weighted by Gasteiger charge is 2.20. The standard InChI is InChI=1S/C11H12N4O/c12-7-8-2-3-10(9(13)6-8)15-5-1-4-14-11(15)16/h2-3,6H,1,4-5,13H2,(H,14,16). The molecule has 5 nitrogen and oxygen atoms in total. The number of carbonyl (C=O) groups is 1. The van der Waals surface area contributed by atoms with Crippen LogP contribution in [0, 0.1) is 11.3 Å². The first kappa shape index (κ1) is 10.3. The normalized spacial score (nSPS) is 15.4. The summed E-state index contributed by atoms with van der Waals surface area (Å²) >= 11 is 0. The van der Waals surface area contributed by atoms with E-state index < -0.39 is 0 Å². The number of rotatable bonds is 1. The SMILES string of the molecule is N#Cc1ccc(N2CCCNC2=O)c(N)c1. The van der Waals surface area contributed by atoms with Gasteiger partial charge >= 0.3 is 6.03 Å². The summed E-state index contributed by atoms with van der Waals surface area (Å²) in [5.41, 5.74) is 7.43. The Morgan fingerprint density at radius 3 is 2.94 bits per heavy atom. The van der Waals surface area contributed by atoms with Gasteiger partial charge in [-0.2, -0.15) is 5.26 Å². The largest absolute Gasteiger partial charge is 0.397 e. The first-order valence-corrected chi connectivity index (χ1v) is 5.07. The second kappa shape index (κ2) is 4.11. The van der Waals surface area contributed by atoms with Crippen LogP contribution in [-0.4, -0.2) is 19.1 Å². The van der Waals surface area contributed by atoms with Crippen molar-refractivity contribution >= 4 is 17.4 Å². The average molecular weight is 216 g/mol. The highest BCUT2D eigenvalue weighted by Crippen LogP contribution is 2.25. The number of nitrogens with one attached hydrogen (secondary N) is 1. The topological polar surface area (TPSA) is 82.2 Å². The fourth-order valence-electron chi connectivity index (χ4n) is 1.73. The maximum absolute atomic E-state index is 11.6. The van der Waals surface area contributed by atoms with E-state index in [1.807, 2.05) is 6.07 Å². The van der Waals surface area contributed by atoms with E-state index in [9.17, 15) is 4.79 Å². The Hall–Kier alpha value is -2.22. The van der Waals surface area contributed by atoms with Gasteiger partial charge in [0.1, 0.15) is 0 Å². The van der Waals surface area contributed by atoms with Crippen molar-refractivity contribution < 1.29 is 4.79 Å². The van der Waals surface area contributed by atoms with Gasteiger partial charge in [-0.1, -0.05) is 0 Å². The van der Waals surface area contributed by atoms with Crippen LogP contribution in [0.25, 0.3) is 0 Å². The number of nitrogens with zero attached hydrogens (tertiary/aromatic N) is 2. The molecule has 0 atom stereocenters. The van der Waals surface area contributed by atoms with Gasteiger partial charge < -0.3 is 11.1 Å². The van der Waals surface area contributed by atoms with E-state index in [1.165, 1.54) is 0 Å². The number of hydrogen-bond donors (Lipinski definition) is 2. The van der Waals surface area contributed by atoms with Crippen LogP contribution in [0.15, 0.2) is 18.2 Å². The molecule has 1 heterocycles. The number of carbonyl (C=O) groups excluding carboxylic acids is 1. The van der Waals surface area contributed by atoms with Crippen LogP contribution < -0.4 is 16.0 Å². The van der Waals surface area contributed by atoms with Gasteiger partial charge in [0.15, 0.2) is 0 Å². The fraction of sp³-hybridized carbons (Fsp3) is 0.273. The summed E-state index contributed by atoms with van der Waals surface area (Å²) in [6, 6.07) is 6.82. The van der Waals surface area contributed by atoms with E-state index in [4.69, 9.17) is 11.0 Å². The van der Waals surface area contributed by atoms with Gasteiger partial charge in [-0.25, -0.2) is 4.79 Å². The molecule has 82 valence electrons. The van der Waals surface area contributed by atoms with Crippen LogP contribution in [0.4, 0.5) is 16.2 Å². The molecular formula is C11H12N4O. The molecule has 16 heavy (non-hydrogen) atoms. The van der Waals surface area contributed by atoms with Crippen molar-refractivity contribution in [2.45, 2.75) is 6.42 Å². The van der Waals surface area contributed by atoms with Gasteiger partial charge in [0.25, 0.3) is 0 Å². The van der Waals surface area contributed by atoms with Crippen molar-refractivity contribution in [1.82, 2.24) is 5.32 Å². The molecule has 1 aliphatic rings. The minimum atomic E-state index is -0.136. The van der Waals surface area contributed by atoms with E-state index >= 15 is 0 Å². The van der Waals surface area contributed by atoms with Gasteiger partial charge in [-0.15, -0.1) is 0 Å². The molecule has 1 aromatic carbocycles. The van der Waals surface area contributed by atoms with E-state index in [0.29, 0.717) is 30.0 Å². The summed E-state index contributed by atoms with van der Waals surface area (Å²) in [5, 5.41) is 11.5. The first-order valence-electron chi connectivity index (χ1n) is 5.07. The van der Waals surface area contributed by atoms with Crippen molar-refractivity contribution in [3.05, 3.63) is 23.8 Å². The number of hydrogen-bond acceptors (Lipinski definition) is 3. The van der Waals surface area contributed by atoms with Gasteiger partial charge in [0.05, 0.1) is 23.0 Å². The summed E-state index contributed by atoms with van der Waals surface area (Å²) in [7, 11) is 0. The molecule has 0 bridgehead atoms. The molecule has 0 aromatic heterocycles. The van der Waals surface area contributed by atoms with Crippen molar-refractivity contribution in [1.29, 1.82) is 5.26 Å². The highest BCUT2D eigenvalue weighted by atomic mass is 16.2. The minimum Gasteiger partial charge on any atom is -0.397 e. The average Bonchev–Trinajstić information content (AvgIpc) is 2.30. The Balaban J connectivity index is 2.33. The monoisotopic (exact) mass is 216 g/mol. The zero-order valence-electron chi connectivity index (χ0n) is 8.73. The summed E-state index contributed by atoms with van der Waals surface area (Å²) in [4.78, 5) is 13.2. The number of anilines is 2. The predicted molar refractivity (Wildman–Crippen MR) is 60.9 cm³/mol. The number of nitrogen functional groups attached to an aromatic ring is 1. The van der Waals surface area contributed by atoms with Gasteiger partial charge in [-0.3, -0.25) is 4.90 Å². The van der Waals surface area contributed by atoms with Crippen molar-refractivity contribution in [2.75, 3.05) is 23.7 Å². The molecule has 1 aromatic rings. The van der Waals surface area contributed by atoms with Crippen molar-refractivity contribution in [3.63, 3.8) is 0 Å². The molecule has 1 aliphatic heterocycles. The second-order valence-corrected chi connectivity index (χ2v) is 3.62. The van der Waals surface area contributed by atoms with Gasteiger partial charge in [0.2, 0.25) is 0 Å². The Morgan fingerprint density at radius 2 is 2.31 bits per heavy atom. The Labute approximate surface area is 93.5 Å². The predicted octanol–water partition coefficient (Wildman–Crippen LogP) is 1.06. The lowest BCUT2D eigenvalue weighted by Gasteiger charge is -2.28. The molecule has 5 heteroatoms. The van der Waals surface area contributed by atoms with Crippen LogP contribution in [0.3, 0.4) is 0 Å². The third-order valence-corrected chi connectivity index (χ3v) is 2.53. The molecule has 0 saturated carbocycles. The second-order valence-electron chi connectivity index (χ2n) is 3.62. The number of amides is 2. The lowest BCUT2D eigenvalue weighted by atomic mass is 10.1. The molecule has 1 saturated heterocycles. The van der Waals surface area contributed by atoms with E-state index in [0.717, 1.165) is 6.42 Å². The Morgan fingerprint density at radius 1 is 1.50 bits per heavy atom. The third-order valence-electron chi connectivity index (χ3n) is 2.53. The number of benzene rings is 1. The number of urea groups is 1. The van der Waals surface area contributed by atoms with E-state index in [-0.39, 0.29) is 6.03 Å². The van der Waals surface area contributed by atoms with Crippen LogP contribution >= 0.6 is 0 Å². The zero-order chi connectivity index (χ0) is 11.5. The lowest BCUT2D eigenvalue weighted by Crippen LogP contribution is -2.46. The molecule has 2 rings (SSSR count). The van der Waals surface area contributed by atoms with Crippen molar-refractivity contribution in [2.24, 2.45) is 0 Å². The smallest absolute Gasteiger partial charge is 0.321 e. The van der Waals surface area contributed by atoms with Crippen LogP contribution in [0.1, 0.15) is 12.0 Å². The fourth-order valence-corrected chi connectivity index (χ4v) is 1.73. The molecular weight excluding hydrogens is 204 g/mol. The van der Waals surface area contributed by atoms with Gasteiger partial charge in [0, 0.05) is 13.1 Å². The minimum absolute atomic E-state index is 0.136. The zero-order valence-corrected chi connectivity index (χ0v) is 8.73. The summed E-state index contributed by atoms with van der Waals surface area (Å²) in [6.07, 6.45) is 0.894. The molecule has 0 unspecified atom stereocenters. The molecule has 0 aliphatic carbocycles. The molecule has 0 radical (unpaired) electrons. The van der Waals surface area contributed by atoms with E-state index in [1.54, 1.807) is 23.1 Å². The summed E-state index contributed by atoms with van der Waals surface area (Å²) in [6.45, 7) is 1.35. The molecule has 2 amide bonds. The Kier molecular flexibility index (Phi) is 2.64. The first-order chi connectivity index (χ1) is 7.72. The third kappa shape index (κ3) is 1.77. The van der Waals surface area contributed by atoms with E-state index in [2.05, 4.69) is 5.32 Å². The Bertz CT molecular complexity index is 464. The molecule has 3 N–H and O–H groups in total. The van der Waals surface area contributed by atoms with Crippen LogP contribution in [0.5, 0.6) is 0 Å². The summed E-state index contributed by atoms with van der Waals surface area (Å²) in [5.74, 6) is 0. The van der Waals surface area contributed by atoms with Crippen molar-refractivity contribution in [3.8, 4) is 6.07 Å². The van der Waals surface area contributed by atoms with Crippen LogP contribution in [-0.2, 0) is 0 Å². The maximum atomic E-state index is 11.6. The maximum Gasteiger partial charge on any atom is 0.321 e. The number of nitriles is 1. The molecule has 0 spiro atoms. The quantitative estimate of drug-likeness (QED) is 0.688. The van der Waals surface area contributed by atoms with Crippen LogP contribution in [0.2, 0.25) is 0 Å². The summed E-state index contributed by atoms with van der Waals surface area (Å²) < 4.78 is 0.